The Morgan fingerprint density at radius 2 is 1.80 bits per heavy atom. The summed E-state index contributed by atoms with van der Waals surface area (Å²) in [6, 6.07) is 15.0. The number of carbonyl (C=O) groups excluding carboxylic acids is 1. The first kappa shape index (κ1) is 12.9. The molecule has 0 N–H and O–H groups in total. The van der Waals surface area contributed by atoms with Crippen LogP contribution in [0.2, 0.25) is 0 Å². The Kier molecular flexibility index (Phi) is 3.31. The largest absolute Gasteiger partial charge is 0.374 e. The van der Waals surface area contributed by atoms with E-state index in [-0.39, 0.29) is 5.78 Å². The lowest BCUT2D eigenvalue weighted by Gasteiger charge is -2.12. The lowest BCUT2D eigenvalue weighted by atomic mass is 9.99. The van der Waals surface area contributed by atoms with E-state index in [4.69, 9.17) is 0 Å². The van der Waals surface area contributed by atoms with Crippen molar-refractivity contribution < 1.29 is 4.79 Å². The fraction of sp³-hybridized carbons (Fsp3) is 0.278. The minimum Gasteiger partial charge on any atom is -0.374 e. The van der Waals surface area contributed by atoms with Crippen molar-refractivity contribution in [1.29, 1.82) is 0 Å². The Balaban J connectivity index is 1.88. The standard InChI is InChI=1S/C18H19NO/c1-13(20)11-14-3-5-15(6-4-14)16-7-8-18-17(12-16)9-10-19(18)2/h3-8,12H,9-11H2,1-2H3. The molecule has 0 radical (unpaired) electrons. The van der Waals surface area contributed by atoms with Crippen molar-refractivity contribution in [2.45, 2.75) is 19.8 Å². The number of likely N-dealkylation sites (N-methyl/N-ethyl adjacent to an activating group) is 1. The van der Waals surface area contributed by atoms with Gasteiger partial charge < -0.3 is 4.90 Å². The van der Waals surface area contributed by atoms with Crippen LogP contribution < -0.4 is 4.90 Å². The predicted molar refractivity (Wildman–Crippen MR) is 83.2 cm³/mol. The quantitative estimate of drug-likeness (QED) is 0.847. The summed E-state index contributed by atoms with van der Waals surface area (Å²) in [4.78, 5) is 13.4. The molecule has 0 saturated heterocycles. The van der Waals surface area contributed by atoms with Crippen LogP contribution in [0.15, 0.2) is 42.5 Å². The Morgan fingerprint density at radius 3 is 2.50 bits per heavy atom. The summed E-state index contributed by atoms with van der Waals surface area (Å²) in [5, 5.41) is 0. The molecule has 0 fully saturated rings. The minimum atomic E-state index is 0.207. The van der Waals surface area contributed by atoms with Gasteiger partial charge in [0.05, 0.1) is 0 Å². The zero-order valence-electron chi connectivity index (χ0n) is 12.0. The molecule has 0 spiro atoms. The Bertz CT molecular complexity index is 643. The van der Waals surface area contributed by atoms with Crippen LogP contribution in [-0.4, -0.2) is 19.4 Å². The van der Waals surface area contributed by atoms with Gasteiger partial charge in [0.15, 0.2) is 0 Å². The van der Waals surface area contributed by atoms with Gasteiger partial charge in [0.1, 0.15) is 5.78 Å². The maximum Gasteiger partial charge on any atom is 0.134 e. The Morgan fingerprint density at radius 1 is 1.10 bits per heavy atom. The third-order valence-corrected chi connectivity index (χ3v) is 3.95. The van der Waals surface area contributed by atoms with E-state index in [9.17, 15) is 4.79 Å². The molecule has 2 aromatic rings. The topological polar surface area (TPSA) is 20.3 Å². The molecule has 20 heavy (non-hydrogen) atoms. The van der Waals surface area contributed by atoms with E-state index >= 15 is 0 Å². The summed E-state index contributed by atoms with van der Waals surface area (Å²) in [5.74, 6) is 0.207. The summed E-state index contributed by atoms with van der Waals surface area (Å²) in [5.41, 5.74) is 6.34. The molecule has 0 amide bonds. The first-order chi connectivity index (χ1) is 9.63. The molecule has 3 rings (SSSR count). The van der Waals surface area contributed by atoms with Crippen molar-refractivity contribution in [2.24, 2.45) is 0 Å². The molecule has 1 aliphatic rings. The maximum absolute atomic E-state index is 11.1. The van der Waals surface area contributed by atoms with E-state index in [0.717, 1.165) is 18.5 Å². The highest BCUT2D eigenvalue weighted by molar-refractivity contribution is 5.78. The van der Waals surface area contributed by atoms with E-state index < -0.39 is 0 Å². The molecule has 0 atom stereocenters. The SMILES string of the molecule is CC(=O)Cc1ccc(-c2ccc3c(c2)CCN3C)cc1. The number of ketones is 1. The van der Waals surface area contributed by atoms with E-state index in [0.29, 0.717) is 6.42 Å². The van der Waals surface area contributed by atoms with Crippen molar-refractivity contribution in [2.75, 3.05) is 18.5 Å². The van der Waals surface area contributed by atoms with Crippen molar-refractivity contribution >= 4 is 11.5 Å². The normalized spacial score (nSPS) is 13.4. The molecule has 0 aliphatic carbocycles. The van der Waals surface area contributed by atoms with Gasteiger partial charge in [-0.15, -0.1) is 0 Å². The number of hydrogen-bond donors (Lipinski definition) is 0. The van der Waals surface area contributed by atoms with Crippen LogP contribution in [0.5, 0.6) is 0 Å². The average Bonchev–Trinajstić information content (AvgIpc) is 2.80. The number of rotatable bonds is 3. The number of benzene rings is 2. The van der Waals surface area contributed by atoms with Gasteiger partial charge in [-0.05, 0) is 47.7 Å². The van der Waals surface area contributed by atoms with Gasteiger partial charge in [0.2, 0.25) is 0 Å². The van der Waals surface area contributed by atoms with Gasteiger partial charge in [-0.3, -0.25) is 4.79 Å². The average molecular weight is 265 g/mol. The lowest BCUT2D eigenvalue weighted by molar-refractivity contribution is -0.116. The zero-order valence-corrected chi connectivity index (χ0v) is 12.0. The number of anilines is 1. The zero-order chi connectivity index (χ0) is 14.1. The van der Waals surface area contributed by atoms with Crippen molar-refractivity contribution in [3.8, 4) is 11.1 Å². The molecule has 2 heteroatoms. The summed E-state index contributed by atoms with van der Waals surface area (Å²) in [6.45, 7) is 2.74. The van der Waals surface area contributed by atoms with Gasteiger partial charge >= 0.3 is 0 Å². The second-order valence-corrected chi connectivity index (χ2v) is 5.59. The molecular formula is C18H19NO. The molecule has 0 bridgehead atoms. The van der Waals surface area contributed by atoms with Crippen molar-refractivity contribution in [1.82, 2.24) is 0 Å². The van der Waals surface area contributed by atoms with Crippen LogP contribution in [0.1, 0.15) is 18.1 Å². The predicted octanol–water partition coefficient (Wildman–Crippen LogP) is 3.48. The number of Topliss-reactive ketones (excluding diaryl/α,β-unsaturated/α-hetero) is 1. The van der Waals surface area contributed by atoms with Gasteiger partial charge in [0.25, 0.3) is 0 Å². The van der Waals surface area contributed by atoms with Gasteiger partial charge in [0, 0.05) is 25.7 Å². The second-order valence-electron chi connectivity index (χ2n) is 5.59. The summed E-state index contributed by atoms with van der Waals surface area (Å²) in [7, 11) is 2.14. The van der Waals surface area contributed by atoms with E-state index in [2.05, 4.69) is 54.4 Å². The van der Waals surface area contributed by atoms with Crippen LogP contribution in [0, 0.1) is 0 Å². The van der Waals surface area contributed by atoms with Crippen molar-refractivity contribution in [3.05, 3.63) is 53.6 Å². The molecule has 0 aromatic heterocycles. The Labute approximate surface area is 120 Å². The molecule has 0 saturated carbocycles. The van der Waals surface area contributed by atoms with E-state index in [1.807, 2.05) is 0 Å². The fourth-order valence-corrected chi connectivity index (χ4v) is 2.85. The van der Waals surface area contributed by atoms with Crippen LogP contribution in [0.4, 0.5) is 5.69 Å². The molecule has 102 valence electrons. The maximum atomic E-state index is 11.1. The second kappa shape index (κ2) is 5.12. The van der Waals surface area contributed by atoms with E-state index in [1.165, 1.54) is 22.4 Å². The molecule has 2 aromatic carbocycles. The molecule has 0 unspecified atom stereocenters. The van der Waals surface area contributed by atoms with Gasteiger partial charge in [-0.25, -0.2) is 0 Å². The lowest BCUT2D eigenvalue weighted by Crippen LogP contribution is -2.12. The molecular weight excluding hydrogens is 246 g/mol. The van der Waals surface area contributed by atoms with Crippen molar-refractivity contribution in [3.63, 3.8) is 0 Å². The number of fused-ring (bicyclic) bond motifs is 1. The third-order valence-electron chi connectivity index (χ3n) is 3.95. The summed E-state index contributed by atoms with van der Waals surface area (Å²) < 4.78 is 0. The number of nitrogens with zero attached hydrogens (tertiary/aromatic N) is 1. The molecule has 1 aliphatic heterocycles. The van der Waals surface area contributed by atoms with Crippen LogP contribution >= 0.6 is 0 Å². The highest BCUT2D eigenvalue weighted by Crippen LogP contribution is 2.31. The fourth-order valence-electron chi connectivity index (χ4n) is 2.85. The number of hydrogen-bond acceptors (Lipinski definition) is 2. The minimum absolute atomic E-state index is 0.207. The first-order valence-corrected chi connectivity index (χ1v) is 7.06. The monoisotopic (exact) mass is 265 g/mol. The first-order valence-electron chi connectivity index (χ1n) is 7.06. The van der Waals surface area contributed by atoms with Gasteiger partial charge in [-0.2, -0.15) is 0 Å². The van der Waals surface area contributed by atoms with Crippen LogP contribution in [0.3, 0.4) is 0 Å². The number of carbonyl (C=O) groups is 1. The highest BCUT2D eigenvalue weighted by Gasteiger charge is 2.15. The third kappa shape index (κ3) is 2.46. The molecule has 1 heterocycles. The van der Waals surface area contributed by atoms with Gasteiger partial charge in [-0.1, -0.05) is 30.3 Å². The molecule has 2 nitrogen and oxygen atoms in total. The smallest absolute Gasteiger partial charge is 0.134 e. The Hall–Kier alpha value is -2.09. The highest BCUT2D eigenvalue weighted by atomic mass is 16.1. The summed E-state index contributed by atoms with van der Waals surface area (Å²) in [6.07, 6.45) is 1.65. The van der Waals surface area contributed by atoms with Crippen LogP contribution in [0.25, 0.3) is 11.1 Å². The summed E-state index contributed by atoms with van der Waals surface area (Å²) >= 11 is 0. The van der Waals surface area contributed by atoms with Crippen LogP contribution in [-0.2, 0) is 17.6 Å². The van der Waals surface area contributed by atoms with E-state index in [1.54, 1.807) is 6.92 Å².